The predicted octanol–water partition coefficient (Wildman–Crippen LogP) is 2.55. The van der Waals surface area contributed by atoms with Gasteiger partial charge in [-0.15, -0.1) is 0 Å². The lowest BCUT2D eigenvalue weighted by Crippen LogP contribution is -2.21. The van der Waals surface area contributed by atoms with Gasteiger partial charge in [-0.3, -0.25) is 0 Å². The molecular formula is C14H17BrO5. The van der Waals surface area contributed by atoms with E-state index in [1.807, 2.05) is 13.8 Å². The van der Waals surface area contributed by atoms with Crippen LogP contribution in [-0.2, 0) is 9.53 Å². The van der Waals surface area contributed by atoms with E-state index in [1.165, 1.54) is 7.11 Å². The van der Waals surface area contributed by atoms with Crippen molar-refractivity contribution in [2.45, 2.75) is 25.9 Å². The van der Waals surface area contributed by atoms with Gasteiger partial charge in [0, 0.05) is 15.6 Å². The van der Waals surface area contributed by atoms with Crippen molar-refractivity contribution < 1.29 is 24.1 Å². The van der Waals surface area contributed by atoms with Crippen molar-refractivity contribution in [3.63, 3.8) is 0 Å². The summed E-state index contributed by atoms with van der Waals surface area (Å²) in [5, 5.41) is 10.2. The first kappa shape index (κ1) is 15.1. The van der Waals surface area contributed by atoms with Crippen molar-refractivity contribution in [3.05, 3.63) is 21.7 Å². The van der Waals surface area contributed by atoms with Crippen LogP contribution in [0, 0.1) is 0 Å². The van der Waals surface area contributed by atoms with Gasteiger partial charge >= 0.3 is 5.97 Å². The number of benzene rings is 1. The molecule has 2 rings (SSSR count). The number of rotatable bonds is 3. The van der Waals surface area contributed by atoms with Crippen LogP contribution < -0.4 is 9.47 Å². The highest BCUT2D eigenvalue weighted by Gasteiger charge is 2.31. The zero-order chi connectivity index (χ0) is 14.9. The SMILES string of the molecule is COC(=O)C(O)c1c(Br)cc2c(c1C(C)C)OCCO2. The fraction of sp³-hybridized carbons (Fsp3) is 0.500. The maximum absolute atomic E-state index is 11.6. The number of aliphatic hydroxyl groups is 1. The molecule has 0 fully saturated rings. The Morgan fingerprint density at radius 1 is 1.35 bits per heavy atom. The number of aliphatic hydroxyl groups excluding tert-OH is 1. The lowest BCUT2D eigenvalue weighted by atomic mass is 9.92. The second-order valence-corrected chi connectivity index (χ2v) is 5.64. The quantitative estimate of drug-likeness (QED) is 0.853. The Labute approximate surface area is 126 Å². The van der Waals surface area contributed by atoms with Crippen LogP contribution in [0.15, 0.2) is 10.5 Å². The second-order valence-electron chi connectivity index (χ2n) is 4.79. The summed E-state index contributed by atoms with van der Waals surface area (Å²) in [6.07, 6.45) is -1.36. The minimum atomic E-state index is -1.36. The van der Waals surface area contributed by atoms with Crippen molar-refractivity contribution in [1.82, 2.24) is 0 Å². The standard InChI is InChI=1S/C14H17BrO5/c1-7(2)10-11(12(16)14(17)18-3)8(15)6-9-13(10)20-5-4-19-9/h6-7,12,16H,4-5H2,1-3H3. The molecule has 0 bridgehead atoms. The van der Waals surface area contributed by atoms with Gasteiger partial charge in [0.25, 0.3) is 0 Å². The minimum Gasteiger partial charge on any atom is -0.486 e. The van der Waals surface area contributed by atoms with Crippen molar-refractivity contribution in [2.75, 3.05) is 20.3 Å². The van der Waals surface area contributed by atoms with Crippen LogP contribution in [0.3, 0.4) is 0 Å². The Kier molecular flexibility index (Phi) is 4.55. The van der Waals surface area contributed by atoms with Crippen LogP contribution >= 0.6 is 15.9 Å². The molecule has 0 saturated heterocycles. The molecule has 20 heavy (non-hydrogen) atoms. The lowest BCUT2D eigenvalue weighted by Gasteiger charge is -2.27. The van der Waals surface area contributed by atoms with Crippen LogP contribution in [0.5, 0.6) is 11.5 Å². The van der Waals surface area contributed by atoms with Crippen molar-refractivity contribution in [3.8, 4) is 11.5 Å². The summed E-state index contributed by atoms with van der Waals surface area (Å²) in [5.41, 5.74) is 1.23. The monoisotopic (exact) mass is 344 g/mol. The van der Waals surface area contributed by atoms with Gasteiger partial charge in [-0.05, 0) is 12.0 Å². The van der Waals surface area contributed by atoms with E-state index < -0.39 is 12.1 Å². The molecule has 1 N–H and O–H groups in total. The van der Waals surface area contributed by atoms with Gasteiger partial charge < -0.3 is 19.3 Å². The molecule has 0 aliphatic carbocycles. The number of carbonyl (C=O) groups is 1. The molecule has 110 valence electrons. The molecule has 1 aliphatic heterocycles. The van der Waals surface area contributed by atoms with Gasteiger partial charge in [-0.1, -0.05) is 29.8 Å². The molecule has 0 spiro atoms. The Hall–Kier alpha value is -1.27. The van der Waals surface area contributed by atoms with Crippen molar-refractivity contribution in [1.29, 1.82) is 0 Å². The Bertz CT molecular complexity index is 527. The third-order valence-corrected chi connectivity index (χ3v) is 3.79. The highest BCUT2D eigenvalue weighted by Crippen LogP contribution is 2.45. The van der Waals surface area contributed by atoms with E-state index >= 15 is 0 Å². The number of esters is 1. The van der Waals surface area contributed by atoms with E-state index in [0.717, 1.165) is 5.56 Å². The third kappa shape index (κ3) is 2.62. The van der Waals surface area contributed by atoms with Gasteiger partial charge in [0.1, 0.15) is 13.2 Å². The molecule has 5 nitrogen and oxygen atoms in total. The van der Waals surface area contributed by atoms with Gasteiger partial charge in [-0.2, -0.15) is 0 Å². The van der Waals surface area contributed by atoms with E-state index in [0.29, 0.717) is 34.7 Å². The first-order valence-electron chi connectivity index (χ1n) is 6.35. The Morgan fingerprint density at radius 2 is 2.00 bits per heavy atom. The second kappa shape index (κ2) is 6.01. The average molecular weight is 345 g/mol. The highest BCUT2D eigenvalue weighted by atomic mass is 79.9. The first-order valence-corrected chi connectivity index (χ1v) is 7.14. The van der Waals surface area contributed by atoms with E-state index in [2.05, 4.69) is 20.7 Å². The zero-order valence-electron chi connectivity index (χ0n) is 11.6. The van der Waals surface area contributed by atoms with Crippen molar-refractivity contribution in [2.24, 2.45) is 0 Å². The smallest absolute Gasteiger partial charge is 0.339 e. The van der Waals surface area contributed by atoms with Crippen LogP contribution in [0.25, 0.3) is 0 Å². The summed E-state index contributed by atoms with van der Waals surface area (Å²) in [4.78, 5) is 11.6. The van der Waals surface area contributed by atoms with E-state index in [9.17, 15) is 9.90 Å². The molecule has 1 aliphatic rings. The fourth-order valence-corrected chi connectivity index (χ4v) is 2.91. The molecule has 1 atom stereocenters. The topological polar surface area (TPSA) is 65.0 Å². The maximum Gasteiger partial charge on any atom is 0.339 e. The Balaban J connectivity index is 2.63. The molecule has 1 aromatic carbocycles. The van der Waals surface area contributed by atoms with Gasteiger partial charge in [-0.25, -0.2) is 4.79 Å². The highest BCUT2D eigenvalue weighted by molar-refractivity contribution is 9.10. The van der Waals surface area contributed by atoms with Crippen molar-refractivity contribution >= 4 is 21.9 Å². The minimum absolute atomic E-state index is 0.0530. The summed E-state index contributed by atoms with van der Waals surface area (Å²) in [6.45, 7) is 4.86. The van der Waals surface area contributed by atoms with Gasteiger partial charge in [0.2, 0.25) is 0 Å². The molecular weight excluding hydrogens is 328 g/mol. The number of hydrogen-bond acceptors (Lipinski definition) is 5. The van der Waals surface area contributed by atoms with Crippen LogP contribution in [-0.4, -0.2) is 31.4 Å². The summed E-state index contributed by atoms with van der Waals surface area (Å²) in [6, 6.07) is 1.71. The zero-order valence-corrected chi connectivity index (χ0v) is 13.2. The molecule has 1 heterocycles. The van der Waals surface area contributed by atoms with E-state index in [1.54, 1.807) is 6.07 Å². The summed E-state index contributed by atoms with van der Waals surface area (Å²) in [7, 11) is 1.24. The fourth-order valence-electron chi connectivity index (χ4n) is 2.27. The van der Waals surface area contributed by atoms with Crippen LogP contribution in [0.2, 0.25) is 0 Å². The average Bonchev–Trinajstić information content (AvgIpc) is 2.43. The number of methoxy groups -OCH3 is 1. The maximum atomic E-state index is 11.6. The number of carbonyl (C=O) groups excluding carboxylic acids is 1. The third-order valence-electron chi connectivity index (χ3n) is 3.14. The number of hydrogen-bond donors (Lipinski definition) is 1. The normalized spacial score (nSPS) is 15.1. The molecule has 0 amide bonds. The molecule has 1 aromatic rings. The van der Waals surface area contributed by atoms with E-state index in [4.69, 9.17) is 9.47 Å². The lowest BCUT2D eigenvalue weighted by molar-refractivity contribution is -0.150. The summed E-state index contributed by atoms with van der Waals surface area (Å²) >= 11 is 3.39. The van der Waals surface area contributed by atoms with Crippen LogP contribution in [0.4, 0.5) is 0 Å². The van der Waals surface area contributed by atoms with E-state index in [-0.39, 0.29) is 5.92 Å². The number of fused-ring (bicyclic) bond motifs is 1. The largest absolute Gasteiger partial charge is 0.486 e. The molecule has 1 unspecified atom stereocenters. The van der Waals surface area contributed by atoms with Gasteiger partial charge in [0.15, 0.2) is 17.6 Å². The number of halogens is 1. The summed E-state index contributed by atoms with van der Waals surface area (Å²) in [5.74, 6) is 0.557. The molecule has 0 aromatic heterocycles. The number of ether oxygens (including phenoxy) is 3. The molecule has 6 heteroatoms. The van der Waals surface area contributed by atoms with Gasteiger partial charge in [0.05, 0.1) is 7.11 Å². The van der Waals surface area contributed by atoms with Crippen LogP contribution in [0.1, 0.15) is 37.0 Å². The first-order chi connectivity index (χ1) is 9.47. The Morgan fingerprint density at radius 3 is 2.60 bits per heavy atom. The molecule has 0 radical (unpaired) electrons. The predicted molar refractivity (Wildman–Crippen MR) is 76.2 cm³/mol. The molecule has 0 saturated carbocycles. The summed E-state index contributed by atoms with van der Waals surface area (Å²) < 4.78 is 16.4.